The lowest BCUT2D eigenvalue weighted by Crippen LogP contribution is -2.66. The highest BCUT2D eigenvalue weighted by atomic mass is 16.6. The molecular formula is C53H56O13. The van der Waals surface area contributed by atoms with Crippen LogP contribution in [0, 0.1) is 5.92 Å². The van der Waals surface area contributed by atoms with Crippen LogP contribution >= 0.6 is 0 Å². The molecule has 3 aromatic carbocycles. The van der Waals surface area contributed by atoms with E-state index in [1.54, 1.807) is 26.0 Å². The molecule has 0 bridgehead atoms. The normalized spacial score (nSPS) is 23.3. The Hall–Kier alpha value is -6.86. The summed E-state index contributed by atoms with van der Waals surface area (Å²) in [6.07, 6.45) is 13.1. The van der Waals surface area contributed by atoms with Crippen molar-refractivity contribution in [1.82, 2.24) is 0 Å². The Morgan fingerprint density at radius 1 is 0.864 bits per heavy atom. The van der Waals surface area contributed by atoms with E-state index in [1.165, 1.54) is 30.7 Å². The number of ether oxygens (including phenoxy) is 3. The van der Waals surface area contributed by atoms with E-state index < -0.39 is 46.0 Å². The van der Waals surface area contributed by atoms with Gasteiger partial charge in [-0.25, -0.2) is 9.59 Å². The Morgan fingerprint density at radius 3 is 2.21 bits per heavy atom. The number of ketones is 1. The highest BCUT2D eigenvalue weighted by Gasteiger charge is 2.77. The number of carbonyl (C=O) groups is 3. The molecule has 1 aromatic heterocycles. The molecule has 1 aliphatic carbocycles. The summed E-state index contributed by atoms with van der Waals surface area (Å²) in [5.74, 6) is -3.58. The van der Waals surface area contributed by atoms with Gasteiger partial charge < -0.3 is 44.2 Å². The van der Waals surface area contributed by atoms with Crippen LogP contribution in [0.1, 0.15) is 109 Å². The van der Waals surface area contributed by atoms with Crippen LogP contribution in [-0.2, 0) is 20.7 Å². The number of fused-ring (bicyclic) bond motifs is 3. The Kier molecular flexibility index (Phi) is 12.5. The van der Waals surface area contributed by atoms with E-state index in [0.29, 0.717) is 48.3 Å². The molecule has 1 saturated heterocycles. The molecule has 0 radical (unpaired) electrons. The van der Waals surface area contributed by atoms with Gasteiger partial charge in [0.15, 0.2) is 16.8 Å². The van der Waals surface area contributed by atoms with Crippen LogP contribution in [0.5, 0.6) is 28.7 Å². The zero-order chi connectivity index (χ0) is 48.1. The summed E-state index contributed by atoms with van der Waals surface area (Å²) < 4.78 is 25.8. The minimum Gasteiger partial charge on any atom is -0.508 e. The van der Waals surface area contributed by atoms with Crippen LogP contribution < -0.4 is 14.9 Å². The molecule has 13 nitrogen and oxygen atoms in total. The first kappa shape index (κ1) is 47.1. The lowest BCUT2D eigenvalue weighted by atomic mass is 9.60. The standard InChI is InChI=1S/C38H46O9.C15H10O4/c1-21(2)11-10-18-36(8)19-17-24-29(39)28-30(40)26-12-9-13-27-35(6,7)47-37(34(43)44,20-16-23(5)33(41)42)38(26,27)46-32(28)25(31(24)45-36)15-14-22(3)4;16-10-6-11(17)15-12(18)8-13(19-14(15)7-10)9-4-2-1-3-5-9/h11-12,14,16-17,19,27,39H,9-10,13,15,18,20H2,1-8H3,(H,41,42)(H,43,44);1-8,16-17H. The van der Waals surface area contributed by atoms with Gasteiger partial charge in [-0.2, -0.15) is 0 Å². The van der Waals surface area contributed by atoms with Crippen molar-refractivity contribution in [1.29, 1.82) is 0 Å². The first-order chi connectivity index (χ1) is 31.1. The van der Waals surface area contributed by atoms with E-state index in [0.717, 1.165) is 23.6 Å². The van der Waals surface area contributed by atoms with E-state index in [1.807, 2.05) is 77.1 Å². The topological polar surface area (TPSA) is 210 Å². The van der Waals surface area contributed by atoms with E-state index in [2.05, 4.69) is 6.08 Å². The molecule has 66 heavy (non-hydrogen) atoms. The average molecular weight is 901 g/mol. The molecule has 13 heteroatoms. The molecule has 0 amide bonds. The summed E-state index contributed by atoms with van der Waals surface area (Å²) in [6.45, 7) is 14.9. The molecule has 0 saturated carbocycles. The number of hydrogen-bond acceptors (Lipinski definition) is 11. The molecule has 346 valence electrons. The van der Waals surface area contributed by atoms with Gasteiger partial charge in [0.1, 0.15) is 56.6 Å². The van der Waals surface area contributed by atoms with Crippen LogP contribution in [0.3, 0.4) is 0 Å². The molecule has 3 aliphatic heterocycles. The number of carboxylic acid groups (broad SMARTS) is 2. The van der Waals surface area contributed by atoms with Crippen LogP contribution in [0.25, 0.3) is 28.4 Å². The van der Waals surface area contributed by atoms with Gasteiger partial charge in [0.2, 0.25) is 5.60 Å². The van der Waals surface area contributed by atoms with Gasteiger partial charge in [0.25, 0.3) is 0 Å². The van der Waals surface area contributed by atoms with Gasteiger partial charge >= 0.3 is 11.9 Å². The molecule has 4 aromatic rings. The first-order valence-corrected chi connectivity index (χ1v) is 22.0. The molecule has 1 spiro atoms. The minimum absolute atomic E-state index is 0.0407. The fourth-order valence-electron chi connectivity index (χ4n) is 9.66. The Morgan fingerprint density at radius 2 is 1.56 bits per heavy atom. The van der Waals surface area contributed by atoms with Crippen molar-refractivity contribution >= 4 is 34.8 Å². The Labute approximate surface area is 382 Å². The lowest BCUT2D eigenvalue weighted by Gasteiger charge is -2.50. The number of hydrogen-bond donors (Lipinski definition) is 5. The summed E-state index contributed by atoms with van der Waals surface area (Å²) in [7, 11) is 0. The third kappa shape index (κ3) is 8.21. The van der Waals surface area contributed by atoms with E-state index in [9.17, 15) is 44.7 Å². The van der Waals surface area contributed by atoms with Crippen LogP contribution in [0.15, 0.2) is 110 Å². The number of phenols is 3. The number of aromatic hydroxyl groups is 3. The van der Waals surface area contributed by atoms with Crippen molar-refractivity contribution in [2.24, 2.45) is 5.92 Å². The summed E-state index contributed by atoms with van der Waals surface area (Å²) in [5.41, 5.74) is -2.11. The first-order valence-electron chi connectivity index (χ1n) is 22.0. The Bertz CT molecular complexity index is 2870. The number of carbonyl (C=O) groups excluding carboxylic acids is 1. The number of rotatable bonds is 10. The van der Waals surface area contributed by atoms with Gasteiger partial charge in [-0.3, -0.25) is 9.59 Å². The van der Waals surface area contributed by atoms with Crippen molar-refractivity contribution in [2.45, 2.75) is 116 Å². The molecule has 4 atom stereocenters. The lowest BCUT2D eigenvalue weighted by molar-refractivity contribution is -0.184. The SMILES string of the molecule is CC(C)=CCCC1(C)C=Cc2c(O)c3c(c(CC=C(C)C)c2O1)OC12C(=CCCC1C(C)(C)OC2(CC=C(C)C(=O)O)C(=O)O)C3=O.O=c1cc(-c2ccccc2)oc2cc(O)cc(O)c12. The molecular weight excluding hydrogens is 845 g/mol. The number of Topliss-reactive ketones (excluding diaryl/α,β-unsaturated/α-hetero) is 1. The number of benzene rings is 3. The highest BCUT2D eigenvalue weighted by molar-refractivity contribution is 6.17. The fraction of sp³-hybridized carbons (Fsp3) is 0.358. The van der Waals surface area contributed by atoms with Gasteiger partial charge in [-0.05, 0) is 99.6 Å². The second-order valence-electron chi connectivity index (χ2n) is 18.7. The fourth-order valence-corrected chi connectivity index (χ4v) is 9.66. The van der Waals surface area contributed by atoms with Gasteiger partial charge in [0, 0.05) is 52.8 Å². The minimum atomic E-state index is -2.16. The van der Waals surface area contributed by atoms with Gasteiger partial charge in [-0.15, -0.1) is 0 Å². The third-order valence-corrected chi connectivity index (χ3v) is 12.9. The van der Waals surface area contributed by atoms with Crippen molar-refractivity contribution in [3.8, 4) is 40.1 Å². The summed E-state index contributed by atoms with van der Waals surface area (Å²) in [4.78, 5) is 52.0. The smallest absolute Gasteiger partial charge is 0.340 e. The number of aliphatic carboxylic acids is 2. The summed E-state index contributed by atoms with van der Waals surface area (Å²) in [6, 6.07) is 12.9. The number of phenolic OH excluding ortho intramolecular Hbond substituents is 3. The van der Waals surface area contributed by atoms with Crippen LogP contribution in [0.4, 0.5) is 0 Å². The predicted octanol–water partition coefficient (Wildman–Crippen LogP) is 10.4. The highest BCUT2D eigenvalue weighted by Crippen LogP contribution is 2.64. The monoisotopic (exact) mass is 900 g/mol. The van der Waals surface area contributed by atoms with Gasteiger partial charge in [0.05, 0.1) is 11.2 Å². The van der Waals surface area contributed by atoms with Crippen molar-refractivity contribution in [3.05, 3.63) is 128 Å². The quantitative estimate of drug-likeness (QED) is 0.0742. The molecule has 1 fully saturated rings. The third-order valence-electron chi connectivity index (χ3n) is 12.9. The maximum absolute atomic E-state index is 14.7. The van der Waals surface area contributed by atoms with Crippen LogP contribution in [0.2, 0.25) is 0 Å². The molecule has 5 N–H and O–H groups in total. The van der Waals surface area contributed by atoms with E-state index in [4.69, 9.17) is 18.6 Å². The second kappa shape index (κ2) is 17.5. The average Bonchev–Trinajstić information content (AvgIpc) is 3.45. The molecule has 8 rings (SSSR count). The molecule has 4 heterocycles. The van der Waals surface area contributed by atoms with Crippen molar-refractivity contribution < 1.29 is 58.5 Å². The maximum atomic E-state index is 14.7. The van der Waals surface area contributed by atoms with E-state index >= 15 is 0 Å². The number of allylic oxidation sites excluding steroid dienone is 5. The zero-order valence-corrected chi connectivity index (χ0v) is 38.4. The largest absolute Gasteiger partial charge is 0.508 e. The number of carboxylic acids is 2. The van der Waals surface area contributed by atoms with Crippen molar-refractivity contribution in [2.75, 3.05) is 0 Å². The summed E-state index contributed by atoms with van der Waals surface area (Å²) in [5, 5.41) is 51.6. The van der Waals surface area contributed by atoms with E-state index in [-0.39, 0.29) is 62.5 Å². The maximum Gasteiger partial charge on any atom is 0.340 e. The van der Waals surface area contributed by atoms with Crippen molar-refractivity contribution in [3.63, 3.8) is 0 Å². The second-order valence-corrected chi connectivity index (χ2v) is 18.7. The van der Waals surface area contributed by atoms with Crippen LogP contribution in [-0.4, -0.2) is 65.7 Å². The Balaban J connectivity index is 0.000000282. The zero-order valence-electron chi connectivity index (χ0n) is 38.4. The summed E-state index contributed by atoms with van der Waals surface area (Å²) >= 11 is 0. The molecule has 4 unspecified atom stereocenters. The van der Waals surface area contributed by atoms with Gasteiger partial charge in [-0.1, -0.05) is 65.8 Å². The molecule has 4 aliphatic rings. The predicted molar refractivity (Wildman–Crippen MR) is 249 cm³/mol.